The summed E-state index contributed by atoms with van der Waals surface area (Å²) < 4.78 is 50.2. The fraction of sp³-hybridized carbons (Fsp3) is 0.323. The fourth-order valence-corrected chi connectivity index (χ4v) is 5.84. The summed E-state index contributed by atoms with van der Waals surface area (Å²) in [6.45, 7) is 2.44. The Labute approximate surface area is 250 Å². The zero-order valence-electron chi connectivity index (χ0n) is 23.6. The number of rotatable bonds is 7. The number of piperidine rings is 1. The highest BCUT2D eigenvalue weighted by Gasteiger charge is 2.33. The van der Waals surface area contributed by atoms with Crippen LogP contribution >= 0.6 is 0 Å². The van der Waals surface area contributed by atoms with E-state index >= 15 is 4.39 Å². The van der Waals surface area contributed by atoms with Crippen molar-refractivity contribution in [1.82, 2.24) is 30.0 Å². The van der Waals surface area contributed by atoms with E-state index in [2.05, 4.69) is 26.5 Å². The lowest BCUT2D eigenvalue weighted by molar-refractivity contribution is -0.127. The number of carbonyl (C=O) groups is 1. The van der Waals surface area contributed by atoms with Crippen molar-refractivity contribution < 1.29 is 22.7 Å². The van der Waals surface area contributed by atoms with Gasteiger partial charge in [-0.25, -0.2) is 23.4 Å². The van der Waals surface area contributed by atoms with Gasteiger partial charge >= 0.3 is 0 Å². The summed E-state index contributed by atoms with van der Waals surface area (Å²) in [5.74, 6) is -3.49. The molecule has 2 aromatic heterocycles. The molecule has 0 bridgehead atoms. The normalized spacial score (nSPS) is 17.6. The molecule has 0 spiro atoms. The number of halogens is 3. The number of allylic oxidation sites excluding steroid dienone is 1. The molecule has 2 aliphatic heterocycles. The van der Waals surface area contributed by atoms with Crippen LogP contribution in [-0.4, -0.2) is 56.2 Å². The molecule has 2 aromatic carbocycles. The number of amides is 1. The number of fused-ring (bicyclic) bond motifs is 1. The molecule has 4 heterocycles. The molecule has 2 fully saturated rings. The van der Waals surface area contributed by atoms with Crippen molar-refractivity contribution in [2.75, 3.05) is 25.4 Å². The maximum atomic E-state index is 15.5. The molecule has 44 heavy (non-hydrogen) atoms. The number of nitrogens with two attached hydrogens (primary N) is 1. The molecule has 13 heteroatoms. The number of ether oxygens (including phenoxy) is 1. The number of hydrogen-bond acceptors (Lipinski definition) is 8. The number of anilines is 1. The number of aromatic nitrogens is 4. The van der Waals surface area contributed by atoms with Crippen molar-refractivity contribution in [1.29, 1.82) is 5.26 Å². The van der Waals surface area contributed by atoms with Gasteiger partial charge in [-0.3, -0.25) is 4.79 Å². The third-order valence-electron chi connectivity index (χ3n) is 8.06. The summed E-state index contributed by atoms with van der Waals surface area (Å²) in [5, 5.41) is 18.1. The maximum Gasteiger partial charge on any atom is 0.264 e. The van der Waals surface area contributed by atoms with E-state index in [-0.39, 0.29) is 58.6 Å². The third-order valence-corrected chi connectivity index (χ3v) is 8.06. The van der Waals surface area contributed by atoms with E-state index in [1.165, 1.54) is 30.6 Å². The van der Waals surface area contributed by atoms with E-state index in [9.17, 15) is 18.8 Å². The van der Waals surface area contributed by atoms with E-state index in [0.29, 0.717) is 24.0 Å². The fourth-order valence-electron chi connectivity index (χ4n) is 5.84. The van der Waals surface area contributed by atoms with E-state index in [1.807, 2.05) is 0 Å². The van der Waals surface area contributed by atoms with Crippen LogP contribution in [0.3, 0.4) is 0 Å². The van der Waals surface area contributed by atoms with Gasteiger partial charge in [0.1, 0.15) is 41.0 Å². The van der Waals surface area contributed by atoms with Crippen LogP contribution in [0.2, 0.25) is 0 Å². The number of hydrogen-bond donors (Lipinski definition) is 2. The molecular weight excluding hydrogens is 573 g/mol. The molecule has 1 atom stereocenters. The standard InChI is InChI=1S/C31H29F3N8O2/c32-23-4-1-5-25(27(23)34)44-21-6-7-22(24(33)14-21)28-26-29(36)38-17-39-30(26)42(40-28)16-20-3-2-12-41(20)31(43)19(15-35)13-18-8-10-37-11-9-18/h1,4-7,13-14,17-18,20,37H,2-3,8-12,16H2,(H2,36,38,39)/b19-13+/t20-/m0/s1. The Morgan fingerprint density at radius 2 is 1.95 bits per heavy atom. The van der Waals surface area contributed by atoms with Gasteiger partial charge < -0.3 is 20.7 Å². The number of nitrogens with zero attached hydrogens (tertiary/aromatic N) is 6. The van der Waals surface area contributed by atoms with Crippen molar-refractivity contribution in [2.24, 2.45) is 5.92 Å². The van der Waals surface area contributed by atoms with Crippen LogP contribution in [0.15, 0.2) is 54.4 Å². The molecule has 0 radical (unpaired) electrons. The number of carbonyl (C=O) groups excluding carboxylic acids is 1. The Bertz CT molecular complexity index is 1790. The van der Waals surface area contributed by atoms with Crippen molar-refractivity contribution in [3.05, 3.63) is 71.8 Å². The van der Waals surface area contributed by atoms with Crippen molar-refractivity contribution in [2.45, 2.75) is 38.3 Å². The summed E-state index contributed by atoms with van der Waals surface area (Å²) in [5.41, 5.74) is 6.96. The topological polar surface area (TPSA) is 135 Å². The van der Waals surface area contributed by atoms with Crippen LogP contribution in [0, 0.1) is 34.7 Å². The van der Waals surface area contributed by atoms with Crippen LogP contribution in [0.25, 0.3) is 22.3 Å². The summed E-state index contributed by atoms with van der Waals surface area (Å²) >= 11 is 0. The van der Waals surface area contributed by atoms with Gasteiger partial charge in [0, 0.05) is 18.2 Å². The summed E-state index contributed by atoms with van der Waals surface area (Å²) in [7, 11) is 0. The summed E-state index contributed by atoms with van der Waals surface area (Å²) in [6, 6.07) is 9.14. The maximum absolute atomic E-state index is 15.5. The lowest BCUT2D eigenvalue weighted by atomic mass is 9.95. The van der Waals surface area contributed by atoms with E-state index in [0.717, 1.165) is 44.5 Å². The highest BCUT2D eigenvalue weighted by atomic mass is 19.2. The molecule has 0 aliphatic carbocycles. The Morgan fingerprint density at radius 3 is 2.73 bits per heavy atom. The lowest BCUT2D eigenvalue weighted by Crippen LogP contribution is -2.39. The molecule has 3 N–H and O–H groups in total. The quantitative estimate of drug-likeness (QED) is 0.229. The highest BCUT2D eigenvalue weighted by molar-refractivity contribution is 5.99. The first-order valence-electron chi connectivity index (χ1n) is 14.4. The second-order valence-corrected chi connectivity index (χ2v) is 10.9. The average molecular weight is 603 g/mol. The predicted octanol–water partition coefficient (Wildman–Crippen LogP) is 4.73. The van der Waals surface area contributed by atoms with Gasteiger partial charge in [0.25, 0.3) is 5.91 Å². The number of nitriles is 1. The van der Waals surface area contributed by atoms with Gasteiger partial charge in [-0.05, 0) is 69.0 Å². The monoisotopic (exact) mass is 602 g/mol. The third kappa shape index (κ3) is 5.68. The molecule has 1 amide bonds. The van der Waals surface area contributed by atoms with Crippen LogP contribution in [-0.2, 0) is 11.3 Å². The van der Waals surface area contributed by atoms with Crippen LogP contribution in [0.5, 0.6) is 11.5 Å². The van der Waals surface area contributed by atoms with E-state index in [1.54, 1.807) is 15.7 Å². The average Bonchev–Trinajstić information content (AvgIpc) is 3.64. The summed E-state index contributed by atoms with van der Waals surface area (Å²) in [4.78, 5) is 23.6. The molecule has 6 rings (SSSR count). The number of nitrogen functional groups attached to an aromatic ring is 1. The number of likely N-dealkylation sites (tertiary alicyclic amines) is 1. The van der Waals surface area contributed by atoms with Gasteiger partial charge in [-0.1, -0.05) is 12.1 Å². The number of nitrogens with one attached hydrogen (secondary N) is 1. The van der Waals surface area contributed by atoms with Crippen LogP contribution < -0.4 is 15.8 Å². The molecule has 10 nitrogen and oxygen atoms in total. The largest absolute Gasteiger partial charge is 0.454 e. The SMILES string of the molecule is N#C/C(=C\C1CCNCC1)C(=O)N1CCC[C@H]1Cn1nc(-c2ccc(Oc3cccc(F)c3F)cc2F)c2c(N)ncnc21. The second-order valence-electron chi connectivity index (χ2n) is 10.9. The Morgan fingerprint density at radius 1 is 1.14 bits per heavy atom. The Hall–Kier alpha value is -4.96. The van der Waals surface area contributed by atoms with Crippen molar-refractivity contribution >= 4 is 22.8 Å². The van der Waals surface area contributed by atoms with Crippen LogP contribution in [0.1, 0.15) is 25.7 Å². The molecule has 2 aliphatic rings. The minimum absolute atomic E-state index is 0.0466. The number of benzene rings is 2. The first-order chi connectivity index (χ1) is 21.3. The second kappa shape index (κ2) is 12.3. The minimum atomic E-state index is -1.19. The highest BCUT2D eigenvalue weighted by Crippen LogP contribution is 2.35. The summed E-state index contributed by atoms with van der Waals surface area (Å²) in [6.07, 6.45) is 6.27. The first-order valence-corrected chi connectivity index (χ1v) is 14.4. The van der Waals surface area contributed by atoms with Gasteiger partial charge in [0.05, 0.1) is 18.0 Å². The Balaban J connectivity index is 1.29. The molecule has 2 saturated heterocycles. The predicted molar refractivity (Wildman–Crippen MR) is 156 cm³/mol. The van der Waals surface area contributed by atoms with Crippen molar-refractivity contribution in [3.63, 3.8) is 0 Å². The molecule has 4 aromatic rings. The smallest absolute Gasteiger partial charge is 0.264 e. The Kier molecular flexibility index (Phi) is 8.17. The molecule has 0 unspecified atom stereocenters. The molecular formula is C31H29F3N8O2. The van der Waals surface area contributed by atoms with Gasteiger partial charge in [0.15, 0.2) is 17.2 Å². The van der Waals surface area contributed by atoms with Crippen LogP contribution in [0.4, 0.5) is 19.0 Å². The van der Waals surface area contributed by atoms with Crippen molar-refractivity contribution in [3.8, 4) is 28.8 Å². The molecule has 0 saturated carbocycles. The first kappa shape index (κ1) is 29.1. The van der Waals surface area contributed by atoms with E-state index < -0.39 is 17.5 Å². The van der Waals surface area contributed by atoms with Gasteiger partial charge in [0.2, 0.25) is 5.82 Å². The van der Waals surface area contributed by atoms with Gasteiger partial charge in [-0.2, -0.15) is 14.8 Å². The van der Waals surface area contributed by atoms with E-state index in [4.69, 9.17) is 10.5 Å². The van der Waals surface area contributed by atoms with Gasteiger partial charge in [-0.15, -0.1) is 0 Å². The molecule has 226 valence electrons. The zero-order chi connectivity index (χ0) is 30.8. The zero-order valence-corrected chi connectivity index (χ0v) is 23.6. The minimum Gasteiger partial charge on any atom is -0.454 e. The lowest BCUT2D eigenvalue weighted by Gasteiger charge is -2.25.